The fourth-order valence-corrected chi connectivity index (χ4v) is 7.43. The maximum absolute atomic E-state index is 11.9. The van der Waals surface area contributed by atoms with Crippen LogP contribution in [0.15, 0.2) is 168 Å². The summed E-state index contributed by atoms with van der Waals surface area (Å²) in [6.45, 7) is 0. The van der Waals surface area contributed by atoms with Gasteiger partial charge in [0.1, 0.15) is 23.0 Å². The molecule has 0 spiro atoms. The lowest BCUT2D eigenvalue weighted by Crippen LogP contribution is -1.92. The molecular formula is C48H32N2O4. The number of phenols is 4. The summed E-state index contributed by atoms with van der Waals surface area (Å²) in [5, 5.41) is 53.0. The number of para-hydroxylation sites is 2. The van der Waals surface area contributed by atoms with E-state index in [0.717, 1.165) is 43.1 Å². The van der Waals surface area contributed by atoms with Crippen LogP contribution in [0.25, 0.3) is 65.3 Å². The van der Waals surface area contributed by atoms with Gasteiger partial charge < -0.3 is 20.4 Å². The van der Waals surface area contributed by atoms with Gasteiger partial charge in [0.15, 0.2) is 0 Å². The van der Waals surface area contributed by atoms with E-state index in [1.165, 1.54) is 0 Å². The fraction of sp³-hybridized carbons (Fsp3) is 0. The molecule has 0 aliphatic carbocycles. The van der Waals surface area contributed by atoms with Gasteiger partial charge in [0.25, 0.3) is 0 Å². The predicted octanol–water partition coefficient (Wildman–Crippen LogP) is 12.0. The quantitative estimate of drug-likeness (QED) is 0.130. The molecule has 6 nitrogen and oxygen atoms in total. The van der Waals surface area contributed by atoms with Gasteiger partial charge in [0, 0.05) is 45.8 Å². The van der Waals surface area contributed by atoms with Gasteiger partial charge >= 0.3 is 0 Å². The summed E-state index contributed by atoms with van der Waals surface area (Å²) in [7, 11) is 0. The molecular weight excluding hydrogens is 669 g/mol. The molecule has 0 bridgehead atoms. The number of aromatic hydroxyl groups is 4. The lowest BCUT2D eigenvalue weighted by Gasteiger charge is -2.16. The number of phenolic OH excluding ortho intramolecular Hbond substituents is 4. The second-order valence-electron chi connectivity index (χ2n) is 13.2. The summed E-state index contributed by atoms with van der Waals surface area (Å²) >= 11 is 0. The Balaban J connectivity index is 1.15. The van der Waals surface area contributed by atoms with Crippen LogP contribution in [-0.2, 0) is 0 Å². The number of aliphatic imine (C=N–C) groups is 2. The number of rotatable bonds is 6. The van der Waals surface area contributed by atoms with E-state index >= 15 is 0 Å². The fourth-order valence-electron chi connectivity index (χ4n) is 7.43. The van der Waals surface area contributed by atoms with Crippen molar-refractivity contribution in [1.82, 2.24) is 0 Å². The molecule has 0 saturated carbocycles. The minimum Gasteiger partial charge on any atom is -0.507 e. The number of fused-ring (bicyclic) bond motifs is 4. The van der Waals surface area contributed by atoms with Crippen molar-refractivity contribution in [3.8, 4) is 45.3 Å². The van der Waals surface area contributed by atoms with Gasteiger partial charge in [-0.05, 0) is 79.5 Å². The second-order valence-corrected chi connectivity index (χ2v) is 13.2. The van der Waals surface area contributed by atoms with Gasteiger partial charge in [-0.2, -0.15) is 0 Å². The third kappa shape index (κ3) is 5.54. The van der Waals surface area contributed by atoms with Gasteiger partial charge in [0.05, 0.1) is 11.4 Å². The molecule has 0 radical (unpaired) electrons. The average molecular weight is 701 g/mol. The topological polar surface area (TPSA) is 106 Å². The van der Waals surface area contributed by atoms with Crippen LogP contribution in [0.5, 0.6) is 23.0 Å². The summed E-state index contributed by atoms with van der Waals surface area (Å²) in [4.78, 5) is 9.60. The Morgan fingerprint density at radius 1 is 0.333 bits per heavy atom. The zero-order chi connectivity index (χ0) is 36.8. The average Bonchev–Trinajstić information content (AvgIpc) is 3.20. The molecule has 0 heterocycles. The highest BCUT2D eigenvalue weighted by Gasteiger charge is 2.21. The van der Waals surface area contributed by atoms with Crippen LogP contribution < -0.4 is 0 Å². The van der Waals surface area contributed by atoms with Crippen molar-refractivity contribution in [1.29, 1.82) is 0 Å². The molecule has 0 unspecified atom stereocenters. The van der Waals surface area contributed by atoms with Gasteiger partial charge in [-0.3, -0.25) is 9.98 Å². The van der Waals surface area contributed by atoms with E-state index in [1.54, 1.807) is 24.6 Å². The van der Waals surface area contributed by atoms with Crippen molar-refractivity contribution in [2.24, 2.45) is 9.98 Å². The predicted molar refractivity (Wildman–Crippen MR) is 221 cm³/mol. The summed E-state index contributed by atoms with van der Waals surface area (Å²) in [6, 6.07) is 49.2. The van der Waals surface area contributed by atoms with Crippen LogP contribution in [-0.4, -0.2) is 32.9 Å². The first-order valence-electron chi connectivity index (χ1n) is 17.5. The van der Waals surface area contributed by atoms with E-state index < -0.39 is 0 Å². The van der Waals surface area contributed by atoms with Crippen molar-refractivity contribution in [2.45, 2.75) is 0 Å². The molecule has 6 heteroatoms. The van der Waals surface area contributed by atoms with Crippen LogP contribution in [0.4, 0.5) is 11.4 Å². The van der Waals surface area contributed by atoms with E-state index in [0.29, 0.717) is 44.8 Å². The highest BCUT2D eigenvalue weighted by atomic mass is 16.3. The summed E-state index contributed by atoms with van der Waals surface area (Å²) in [5.41, 5.74) is 4.18. The Labute approximate surface area is 310 Å². The minimum atomic E-state index is -0.00427. The smallest absolute Gasteiger partial charge is 0.132 e. The molecule has 9 rings (SSSR count). The Bertz CT molecular complexity index is 2800. The zero-order valence-corrected chi connectivity index (χ0v) is 28.8. The normalized spacial score (nSPS) is 11.9. The summed E-state index contributed by atoms with van der Waals surface area (Å²) < 4.78 is 0. The molecule has 0 atom stereocenters. The molecule has 0 aromatic heterocycles. The van der Waals surface area contributed by atoms with E-state index in [4.69, 9.17) is 9.98 Å². The summed E-state index contributed by atoms with van der Waals surface area (Å²) in [6.07, 6.45) is 3.22. The zero-order valence-electron chi connectivity index (χ0n) is 28.8. The van der Waals surface area contributed by atoms with Crippen LogP contribution in [0.2, 0.25) is 0 Å². The lowest BCUT2D eigenvalue weighted by molar-refractivity contribution is 0.470. The highest BCUT2D eigenvalue weighted by molar-refractivity contribution is 6.14. The Morgan fingerprint density at radius 3 is 1.07 bits per heavy atom. The number of benzene rings is 9. The SMILES string of the molecule is Oc1ccc2ccccc2c1-c1c(O)c(C=Nc2ccccc2N=Cc2cc3ccccc3c(-c3c(O)ccc4ccccc34)c2O)cc2ccccc12. The van der Waals surface area contributed by atoms with Gasteiger partial charge in [-0.1, -0.05) is 121 Å². The Hall–Kier alpha value is -7.44. The molecule has 9 aromatic rings. The van der Waals surface area contributed by atoms with Crippen molar-refractivity contribution >= 4 is 66.9 Å². The first kappa shape index (κ1) is 32.5. The van der Waals surface area contributed by atoms with E-state index in [-0.39, 0.29) is 23.0 Å². The third-order valence-electron chi connectivity index (χ3n) is 9.98. The molecule has 4 N–H and O–H groups in total. The molecule has 0 amide bonds. The third-order valence-corrected chi connectivity index (χ3v) is 9.98. The largest absolute Gasteiger partial charge is 0.507 e. The highest BCUT2D eigenvalue weighted by Crippen LogP contribution is 2.47. The van der Waals surface area contributed by atoms with Crippen LogP contribution in [0.3, 0.4) is 0 Å². The van der Waals surface area contributed by atoms with Crippen LogP contribution in [0, 0.1) is 0 Å². The van der Waals surface area contributed by atoms with Crippen molar-refractivity contribution < 1.29 is 20.4 Å². The lowest BCUT2D eigenvalue weighted by atomic mass is 9.90. The molecule has 0 fully saturated rings. The van der Waals surface area contributed by atoms with Gasteiger partial charge in [-0.15, -0.1) is 0 Å². The number of hydrogen-bond acceptors (Lipinski definition) is 6. The maximum atomic E-state index is 11.9. The molecule has 54 heavy (non-hydrogen) atoms. The molecule has 0 aliphatic rings. The van der Waals surface area contributed by atoms with Crippen molar-refractivity contribution in [3.05, 3.63) is 169 Å². The monoisotopic (exact) mass is 700 g/mol. The van der Waals surface area contributed by atoms with Crippen molar-refractivity contribution in [3.63, 3.8) is 0 Å². The second kappa shape index (κ2) is 13.3. The first-order chi connectivity index (χ1) is 26.5. The Kier molecular flexibility index (Phi) is 7.98. The maximum Gasteiger partial charge on any atom is 0.132 e. The standard InChI is InChI=1S/C48H32N2O4/c51-41-23-21-29-11-1-5-15-35(29)43(41)45-37-17-7-3-13-31(37)25-33(47(45)53)27-49-39-19-9-10-20-40(39)50-28-34-26-32-14-4-8-18-38(32)46(48(34)54)44-36-16-6-2-12-30(36)22-24-42(44)52/h1-28,51-54H. The summed E-state index contributed by atoms with van der Waals surface area (Å²) in [5.74, 6) is 0.128. The number of nitrogens with zero attached hydrogens (tertiary/aromatic N) is 2. The molecule has 258 valence electrons. The minimum absolute atomic E-state index is 0.00427. The number of hydrogen-bond donors (Lipinski definition) is 4. The Morgan fingerprint density at radius 2 is 0.667 bits per heavy atom. The van der Waals surface area contributed by atoms with E-state index in [1.807, 2.05) is 146 Å². The van der Waals surface area contributed by atoms with Gasteiger partial charge in [-0.25, -0.2) is 0 Å². The first-order valence-corrected chi connectivity index (χ1v) is 17.5. The van der Waals surface area contributed by atoms with Crippen molar-refractivity contribution in [2.75, 3.05) is 0 Å². The van der Waals surface area contributed by atoms with Crippen LogP contribution in [0.1, 0.15) is 11.1 Å². The molecule has 9 aromatic carbocycles. The van der Waals surface area contributed by atoms with Gasteiger partial charge in [0.2, 0.25) is 0 Å². The van der Waals surface area contributed by atoms with E-state index in [9.17, 15) is 20.4 Å². The van der Waals surface area contributed by atoms with E-state index in [2.05, 4.69) is 0 Å². The van der Waals surface area contributed by atoms with Crippen LogP contribution >= 0.6 is 0 Å². The molecule has 0 aliphatic heterocycles. The molecule has 0 saturated heterocycles.